The Balaban J connectivity index is 2.72. The van der Waals surface area contributed by atoms with Crippen LogP contribution in [0, 0.1) is 17.5 Å². The predicted molar refractivity (Wildman–Crippen MR) is 80.6 cm³/mol. The second-order valence-corrected chi connectivity index (χ2v) is 5.20. The van der Waals surface area contributed by atoms with Crippen molar-refractivity contribution in [3.05, 3.63) is 47.8 Å². The Morgan fingerprint density at radius 2 is 1.90 bits per heavy atom. The van der Waals surface area contributed by atoms with Gasteiger partial charge in [-0.05, 0) is 38.3 Å². The molecule has 21 heavy (non-hydrogen) atoms. The largest absolute Gasteiger partial charge is 0.310 e. The van der Waals surface area contributed by atoms with Gasteiger partial charge in [0.25, 0.3) is 0 Å². The van der Waals surface area contributed by atoms with Gasteiger partial charge in [0.2, 0.25) is 0 Å². The third-order valence-electron chi connectivity index (χ3n) is 3.48. The second kappa shape index (κ2) is 9.61. The Morgan fingerprint density at radius 3 is 2.57 bits per heavy atom. The van der Waals surface area contributed by atoms with E-state index in [4.69, 9.17) is 0 Å². The minimum absolute atomic E-state index is 0.214. The van der Waals surface area contributed by atoms with Crippen molar-refractivity contribution in [2.45, 2.75) is 51.5 Å². The Morgan fingerprint density at radius 1 is 1.14 bits per heavy atom. The third kappa shape index (κ3) is 5.54. The Labute approximate surface area is 125 Å². The summed E-state index contributed by atoms with van der Waals surface area (Å²) >= 11 is 0. The first-order valence-corrected chi connectivity index (χ1v) is 7.59. The van der Waals surface area contributed by atoms with E-state index in [1.807, 2.05) is 13.0 Å². The van der Waals surface area contributed by atoms with Crippen molar-refractivity contribution in [3.8, 4) is 0 Å². The summed E-state index contributed by atoms with van der Waals surface area (Å²) in [4.78, 5) is 0. The van der Waals surface area contributed by atoms with Crippen molar-refractivity contribution < 1.29 is 13.2 Å². The molecule has 1 rings (SSSR count). The van der Waals surface area contributed by atoms with Gasteiger partial charge in [0.1, 0.15) is 0 Å². The molecule has 1 nitrogen and oxygen atoms in total. The fourth-order valence-corrected chi connectivity index (χ4v) is 2.31. The van der Waals surface area contributed by atoms with Crippen molar-refractivity contribution in [2.24, 2.45) is 0 Å². The maximum atomic E-state index is 13.9. The minimum atomic E-state index is -1.39. The van der Waals surface area contributed by atoms with Crippen LogP contribution < -0.4 is 5.32 Å². The smallest absolute Gasteiger partial charge is 0.194 e. The van der Waals surface area contributed by atoms with Crippen LogP contribution in [0.4, 0.5) is 13.2 Å². The van der Waals surface area contributed by atoms with Crippen molar-refractivity contribution in [1.29, 1.82) is 0 Å². The number of rotatable bonds is 10. The van der Waals surface area contributed by atoms with E-state index in [9.17, 15) is 13.2 Å². The van der Waals surface area contributed by atoms with Gasteiger partial charge in [0.05, 0.1) is 0 Å². The zero-order valence-corrected chi connectivity index (χ0v) is 12.6. The van der Waals surface area contributed by atoms with Crippen LogP contribution in [0.25, 0.3) is 0 Å². The molecule has 0 bridgehead atoms. The molecule has 1 aromatic carbocycles. The summed E-state index contributed by atoms with van der Waals surface area (Å²) in [6.07, 6.45) is 7.42. The summed E-state index contributed by atoms with van der Waals surface area (Å²) in [6, 6.07) is 2.06. The third-order valence-corrected chi connectivity index (χ3v) is 3.48. The van der Waals surface area contributed by atoms with Crippen LogP contribution in [-0.2, 0) is 0 Å². The summed E-state index contributed by atoms with van der Waals surface area (Å²) in [6.45, 7) is 6.40. The molecule has 4 heteroatoms. The van der Waals surface area contributed by atoms with Crippen molar-refractivity contribution in [2.75, 3.05) is 6.54 Å². The molecule has 1 atom stereocenters. The number of hydrogen-bond donors (Lipinski definition) is 1. The number of halogens is 3. The Hall–Kier alpha value is -1.29. The van der Waals surface area contributed by atoms with E-state index in [2.05, 4.69) is 11.9 Å². The zero-order chi connectivity index (χ0) is 15.7. The molecule has 0 aliphatic heterocycles. The molecular weight excluding hydrogens is 275 g/mol. The Bertz CT molecular complexity index is 446. The molecule has 1 N–H and O–H groups in total. The molecule has 0 aliphatic rings. The zero-order valence-electron chi connectivity index (χ0n) is 12.6. The van der Waals surface area contributed by atoms with E-state index >= 15 is 0 Å². The molecule has 1 aromatic rings. The first-order chi connectivity index (χ1) is 10.1. The van der Waals surface area contributed by atoms with Gasteiger partial charge in [0, 0.05) is 11.6 Å². The maximum Gasteiger partial charge on any atom is 0.194 e. The van der Waals surface area contributed by atoms with Crippen LogP contribution in [0.15, 0.2) is 24.8 Å². The predicted octanol–water partition coefficient (Wildman–Crippen LogP) is 5.28. The minimum Gasteiger partial charge on any atom is -0.310 e. The number of unbranched alkanes of at least 4 members (excludes halogenated alkanes) is 3. The molecule has 118 valence electrons. The van der Waals surface area contributed by atoms with Crippen molar-refractivity contribution >= 4 is 0 Å². The molecule has 0 spiro atoms. The van der Waals surface area contributed by atoms with Crippen LogP contribution in [0.1, 0.15) is 57.1 Å². The van der Waals surface area contributed by atoms with Crippen LogP contribution in [-0.4, -0.2) is 6.54 Å². The quantitative estimate of drug-likeness (QED) is 0.352. The molecule has 0 saturated carbocycles. The fourth-order valence-electron chi connectivity index (χ4n) is 2.31. The van der Waals surface area contributed by atoms with E-state index in [1.54, 1.807) is 0 Å². The van der Waals surface area contributed by atoms with Gasteiger partial charge >= 0.3 is 0 Å². The van der Waals surface area contributed by atoms with Crippen LogP contribution in [0.2, 0.25) is 0 Å². The number of nitrogens with one attached hydrogen (secondary N) is 1. The lowest BCUT2D eigenvalue weighted by molar-refractivity contribution is 0.410. The van der Waals surface area contributed by atoms with E-state index in [1.165, 1.54) is 6.07 Å². The molecule has 0 fully saturated rings. The van der Waals surface area contributed by atoms with Crippen molar-refractivity contribution in [1.82, 2.24) is 5.32 Å². The second-order valence-electron chi connectivity index (χ2n) is 5.20. The molecular formula is C17H24F3N. The lowest BCUT2D eigenvalue weighted by atomic mass is 9.99. The number of benzene rings is 1. The van der Waals surface area contributed by atoms with E-state index in [0.717, 1.165) is 44.7 Å². The highest BCUT2D eigenvalue weighted by atomic mass is 19.2. The highest BCUT2D eigenvalue weighted by molar-refractivity contribution is 5.23. The average molecular weight is 299 g/mol. The molecule has 0 saturated heterocycles. The molecule has 1 unspecified atom stereocenters. The summed E-state index contributed by atoms with van der Waals surface area (Å²) < 4.78 is 40.3. The number of hydrogen-bond acceptors (Lipinski definition) is 1. The fraction of sp³-hybridized carbons (Fsp3) is 0.529. The summed E-state index contributed by atoms with van der Waals surface area (Å²) in [5.74, 6) is -3.60. The Kier molecular flexibility index (Phi) is 8.13. The van der Waals surface area contributed by atoms with Gasteiger partial charge in [-0.25, -0.2) is 13.2 Å². The highest BCUT2D eigenvalue weighted by Gasteiger charge is 2.20. The topological polar surface area (TPSA) is 12.0 Å². The number of allylic oxidation sites excluding steroid dienone is 1. The molecule has 0 heterocycles. The average Bonchev–Trinajstić information content (AvgIpc) is 2.48. The van der Waals surface area contributed by atoms with Crippen LogP contribution >= 0.6 is 0 Å². The lowest BCUT2D eigenvalue weighted by Gasteiger charge is -2.20. The highest BCUT2D eigenvalue weighted by Crippen LogP contribution is 2.25. The van der Waals surface area contributed by atoms with Gasteiger partial charge in [-0.3, -0.25) is 0 Å². The molecule has 0 amide bonds. The van der Waals surface area contributed by atoms with Crippen LogP contribution in [0.3, 0.4) is 0 Å². The molecule has 0 aromatic heterocycles. The first kappa shape index (κ1) is 17.8. The summed E-state index contributed by atoms with van der Waals surface area (Å²) in [7, 11) is 0. The maximum absolute atomic E-state index is 13.9. The van der Waals surface area contributed by atoms with Gasteiger partial charge in [-0.1, -0.05) is 31.9 Å². The standard InChI is InChI=1S/C17H24F3N/c1-3-5-6-7-8-9-15(21-12-4-2)13-10-11-14(18)17(20)16(13)19/h3,10-11,15,21H,1,4-9,12H2,2H3. The van der Waals surface area contributed by atoms with Gasteiger partial charge < -0.3 is 5.32 Å². The van der Waals surface area contributed by atoms with Crippen LogP contribution in [0.5, 0.6) is 0 Å². The first-order valence-electron chi connectivity index (χ1n) is 7.59. The van der Waals surface area contributed by atoms with Crippen molar-refractivity contribution in [3.63, 3.8) is 0 Å². The van der Waals surface area contributed by atoms with E-state index < -0.39 is 17.5 Å². The van der Waals surface area contributed by atoms with Gasteiger partial charge in [-0.15, -0.1) is 6.58 Å². The summed E-state index contributed by atoms with van der Waals surface area (Å²) in [5.41, 5.74) is 0.214. The van der Waals surface area contributed by atoms with Gasteiger partial charge in [0.15, 0.2) is 17.5 Å². The van der Waals surface area contributed by atoms with E-state index in [-0.39, 0.29) is 11.6 Å². The SMILES string of the molecule is C=CCCCCCC(NCCC)c1ccc(F)c(F)c1F. The monoisotopic (exact) mass is 299 g/mol. The van der Waals surface area contributed by atoms with Gasteiger partial charge in [-0.2, -0.15) is 0 Å². The van der Waals surface area contributed by atoms with E-state index in [0.29, 0.717) is 6.42 Å². The molecule has 0 aliphatic carbocycles. The molecule has 0 radical (unpaired) electrons. The summed E-state index contributed by atoms with van der Waals surface area (Å²) in [5, 5.41) is 3.21. The lowest BCUT2D eigenvalue weighted by Crippen LogP contribution is -2.23. The normalized spacial score (nSPS) is 12.4.